The van der Waals surface area contributed by atoms with E-state index in [9.17, 15) is 14.4 Å². The Morgan fingerprint density at radius 2 is 1.74 bits per heavy atom. The lowest BCUT2D eigenvalue weighted by Gasteiger charge is -2.51. The largest absolute Gasteiger partial charge is 0.322 e. The minimum absolute atomic E-state index is 0.100. The monoisotopic (exact) mass is 553 g/mol. The minimum atomic E-state index is -0.549. The first kappa shape index (κ1) is 28.7. The fourth-order valence-electron chi connectivity index (χ4n) is 7.95. The molecule has 0 radical (unpaired) electrons. The zero-order valence-electron chi connectivity index (χ0n) is 24.2. The minimum Gasteiger partial charge on any atom is -0.322 e. The molecule has 214 valence electrons. The Morgan fingerprint density at radius 1 is 1.03 bits per heavy atom. The highest BCUT2D eigenvalue weighted by molar-refractivity contribution is 7.99. The predicted molar refractivity (Wildman–Crippen MR) is 157 cm³/mol. The number of thioether (sulfide) groups is 1. The van der Waals surface area contributed by atoms with Crippen LogP contribution in [-0.2, 0) is 16.1 Å². The molecule has 3 atom stereocenters. The zero-order valence-corrected chi connectivity index (χ0v) is 25.0. The van der Waals surface area contributed by atoms with Crippen LogP contribution in [0.1, 0.15) is 107 Å². The summed E-state index contributed by atoms with van der Waals surface area (Å²) in [5.74, 6) is 3.22. The highest BCUT2D eigenvalue weighted by atomic mass is 32.2. The maximum atomic E-state index is 12.9. The Hall–Kier alpha value is -1.86. The summed E-state index contributed by atoms with van der Waals surface area (Å²) in [6.45, 7) is 6.66. The van der Waals surface area contributed by atoms with Crippen molar-refractivity contribution in [3.05, 3.63) is 29.3 Å². The van der Waals surface area contributed by atoms with Crippen LogP contribution >= 0.6 is 11.8 Å². The van der Waals surface area contributed by atoms with Gasteiger partial charge in [-0.3, -0.25) is 19.7 Å². The average molecular weight is 554 g/mol. The second-order valence-electron chi connectivity index (χ2n) is 13.2. The lowest BCUT2D eigenvalue weighted by atomic mass is 9.62. The van der Waals surface area contributed by atoms with Gasteiger partial charge in [-0.05, 0) is 119 Å². The van der Waals surface area contributed by atoms with Gasteiger partial charge in [-0.1, -0.05) is 26.2 Å². The molecule has 2 bridgehead atoms. The number of nitrogens with zero attached hydrogens (tertiary/aromatic N) is 2. The molecule has 5 rings (SSSR count). The number of hydrogen-bond acceptors (Lipinski definition) is 5. The molecule has 0 spiro atoms. The Bertz CT molecular complexity index is 1060. The van der Waals surface area contributed by atoms with E-state index in [1.807, 2.05) is 23.9 Å². The van der Waals surface area contributed by atoms with Crippen LogP contribution in [0.3, 0.4) is 0 Å². The van der Waals surface area contributed by atoms with Crippen LogP contribution in [0.2, 0.25) is 0 Å². The van der Waals surface area contributed by atoms with Crippen molar-refractivity contribution >= 4 is 29.5 Å². The molecule has 4 aliphatic rings. The molecule has 6 nitrogen and oxygen atoms in total. The van der Waals surface area contributed by atoms with Gasteiger partial charge >= 0.3 is 0 Å². The van der Waals surface area contributed by atoms with Crippen LogP contribution in [0.15, 0.2) is 23.1 Å². The molecule has 2 heterocycles. The highest BCUT2D eigenvalue weighted by Gasteiger charge is 2.43. The summed E-state index contributed by atoms with van der Waals surface area (Å²) in [5.41, 5.74) is 2.08. The number of imide groups is 1. The van der Waals surface area contributed by atoms with Gasteiger partial charge in [-0.15, -0.1) is 11.8 Å². The second kappa shape index (κ2) is 12.3. The van der Waals surface area contributed by atoms with Crippen molar-refractivity contribution in [3.63, 3.8) is 0 Å². The molecule has 3 fully saturated rings. The summed E-state index contributed by atoms with van der Waals surface area (Å²) in [7, 11) is 2.37. The molecule has 2 aliphatic carbocycles. The Balaban J connectivity index is 0.976. The normalized spacial score (nSPS) is 30.6. The summed E-state index contributed by atoms with van der Waals surface area (Å²) < 4.78 is 0. The lowest BCUT2D eigenvalue weighted by molar-refractivity contribution is -0.136. The van der Waals surface area contributed by atoms with E-state index in [0.717, 1.165) is 29.1 Å². The maximum absolute atomic E-state index is 12.9. The van der Waals surface area contributed by atoms with E-state index in [0.29, 0.717) is 24.1 Å². The van der Waals surface area contributed by atoms with Gasteiger partial charge in [0.25, 0.3) is 5.91 Å². The number of nitrogens with one attached hydrogen (secondary N) is 1. The number of benzene rings is 1. The molecule has 2 saturated carbocycles. The van der Waals surface area contributed by atoms with Crippen LogP contribution in [0.25, 0.3) is 0 Å². The Morgan fingerprint density at radius 3 is 2.49 bits per heavy atom. The van der Waals surface area contributed by atoms with Crippen LogP contribution in [0, 0.1) is 17.8 Å². The maximum Gasteiger partial charge on any atom is 0.255 e. The van der Waals surface area contributed by atoms with Crippen molar-refractivity contribution in [1.29, 1.82) is 0 Å². The summed E-state index contributed by atoms with van der Waals surface area (Å²) >= 11 is 1.86. The molecule has 3 unspecified atom stereocenters. The van der Waals surface area contributed by atoms with Crippen molar-refractivity contribution in [1.82, 2.24) is 15.1 Å². The summed E-state index contributed by atoms with van der Waals surface area (Å²) in [5, 5.41) is 2.37. The number of piperidine rings is 1. The fraction of sp³-hybridized carbons (Fsp3) is 0.719. The van der Waals surface area contributed by atoms with Crippen LogP contribution in [0.5, 0.6) is 0 Å². The number of amides is 3. The van der Waals surface area contributed by atoms with Crippen molar-refractivity contribution in [2.45, 2.75) is 114 Å². The summed E-state index contributed by atoms with van der Waals surface area (Å²) in [6.07, 6.45) is 14.2. The molecule has 1 saturated heterocycles. The van der Waals surface area contributed by atoms with E-state index in [1.54, 1.807) is 4.90 Å². The Kier molecular flexibility index (Phi) is 9.07. The van der Waals surface area contributed by atoms with Crippen LogP contribution in [0.4, 0.5) is 0 Å². The molecule has 1 N–H and O–H groups in total. The average Bonchev–Trinajstić information content (AvgIpc) is 3.20. The van der Waals surface area contributed by atoms with E-state index in [4.69, 9.17) is 0 Å². The van der Waals surface area contributed by atoms with E-state index >= 15 is 0 Å². The van der Waals surface area contributed by atoms with Crippen molar-refractivity contribution < 1.29 is 14.4 Å². The number of carbonyl (C=O) groups excluding carboxylic acids is 3. The van der Waals surface area contributed by atoms with Gasteiger partial charge in [0.15, 0.2) is 0 Å². The van der Waals surface area contributed by atoms with E-state index in [1.165, 1.54) is 75.6 Å². The summed E-state index contributed by atoms with van der Waals surface area (Å²) in [4.78, 5) is 42.1. The lowest BCUT2D eigenvalue weighted by Crippen LogP contribution is -2.52. The van der Waals surface area contributed by atoms with Crippen molar-refractivity contribution in [3.8, 4) is 0 Å². The van der Waals surface area contributed by atoms with Gasteiger partial charge in [0.05, 0.1) is 0 Å². The third-order valence-electron chi connectivity index (χ3n) is 9.92. The van der Waals surface area contributed by atoms with Gasteiger partial charge in [0, 0.05) is 29.0 Å². The number of carbonyl (C=O) groups is 3. The topological polar surface area (TPSA) is 69.7 Å². The number of fused-ring (bicyclic) bond motifs is 3. The second-order valence-corrected chi connectivity index (χ2v) is 14.4. The highest BCUT2D eigenvalue weighted by Crippen LogP contribution is 2.48. The number of hydrogen-bond donors (Lipinski definition) is 1. The van der Waals surface area contributed by atoms with Crippen molar-refractivity contribution in [2.24, 2.45) is 17.8 Å². The number of rotatable bonds is 11. The molecular weight excluding hydrogens is 506 g/mol. The summed E-state index contributed by atoms with van der Waals surface area (Å²) in [6, 6.07) is 5.50. The molecule has 1 aromatic carbocycles. The molecule has 1 aromatic rings. The SMILES string of the molecule is CC1CC2CC(C1)CC(C)(N(C)CCCCCCCSc1ccc3c(c1)CN(C1CCC(=O)NC1=O)C3=O)C2. The fourth-order valence-corrected chi connectivity index (χ4v) is 8.93. The van der Waals surface area contributed by atoms with Gasteiger partial charge < -0.3 is 9.80 Å². The first-order valence-corrected chi connectivity index (χ1v) is 16.3. The van der Waals surface area contributed by atoms with E-state index in [2.05, 4.69) is 37.2 Å². The zero-order chi connectivity index (χ0) is 27.6. The molecule has 2 aliphatic heterocycles. The molecule has 39 heavy (non-hydrogen) atoms. The van der Waals surface area contributed by atoms with Gasteiger partial charge in [-0.25, -0.2) is 0 Å². The van der Waals surface area contributed by atoms with Gasteiger partial charge in [-0.2, -0.15) is 0 Å². The van der Waals surface area contributed by atoms with Gasteiger partial charge in [0.1, 0.15) is 6.04 Å². The molecule has 7 heteroatoms. The standard InChI is InChI=1S/C32H47N3O3S/c1-22-15-23-17-24(16-22)20-32(2,19-23)34(3)13-7-5-4-6-8-14-39-26-9-10-27-25(18-26)21-35(31(27)38)28-11-12-29(36)33-30(28)37/h9-10,18,22-24,28H,4-8,11-17,19-21H2,1-3H3,(H,33,36,37). The molecule has 3 amide bonds. The first-order valence-electron chi connectivity index (χ1n) is 15.3. The molecule has 0 aromatic heterocycles. The van der Waals surface area contributed by atoms with E-state index in [-0.39, 0.29) is 24.1 Å². The van der Waals surface area contributed by atoms with Gasteiger partial charge in [0.2, 0.25) is 11.8 Å². The first-order chi connectivity index (χ1) is 18.7. The van der Waals surface area contributed by atoms with Crippen LogP contribution in [-0.4, -0.2) is 58.4 Å². The quantitative estimate of drug-likeness (QED) is 0.206. The molecular formula is C32H47N3O3S. The van der Waals surface area contributed by atoms with E-state index < -0.39 is 6.04 Å². The van der Waals surface area contributed by atoms with Crippen LogP contribution < -0.4 is 5.32 Å². The smallest absolute Gasteiger partial charge is 0.255 e. The third-order valence-corrected chi connectivity index (χ3v) is 11.0. The third kappa shape index (κ3) is 6.73. The Labute approximate surface area is 239 Å². The number of unbranched alkanes of at least 4 members (excludes halogenated alkanes) is 4. The van der Waals surface area contributed by atoms with Crippen molar-refractivity contribution in [2.75, 3.05) is 19.3 Å². The predicted octanol–water partition coefficient (Wildman–Crippen LogP) is 6.03.